The fourth-order valence-electron chi connectivity index (χ4n) is 2.97. The van der Waals surface area contributed by atoms with Crippen LogP contribution in [-0.4, -0.2) is 17.5 Å². The van der Waals surface area contributed by atoms with E-state index in [4.69, 9.17) is 4.74 Å². The first-order valence-electron chi connectivity index (χ1n) is 9.57. The number of nitrogens with one attached hydrogen (secondary N) is 1. The third kappa shape index (κ3) is 4.63. The Morgan fingerprint density at radius 2 is 1.86 bits per heavy atom. The van der Waals surface area contributed by atoms with Crippen molar-refractivity contribution in [2.45, 2.75) is 13.8 Å². The van der Waals surface area contributed by atoms with Crippen LogP contribution < -0.4 is 10.1 Å². The lowest BCUT2D eigenvalue weighted by Gasteiger charge is -2.09. The molecule has 0 fully saturated rings. The summed E-state index contributed by atoms with van der Waals surface area (Å²) in [6, 6.07) is 21.7. The summed E-state index contributed by atoms with van der Waals surface area (Å²) in [5.41, 5.74) is 2.43. The second kappa shape index (κ2) is 8.45. The predicted octanol–water partition coefficient (Wildman–Crippen LogP) is 6.25. The highest BCUT2D eigenvalue weighted by atomic mass is 32.1. The molecule has 1 heterocycles. The van der Waals surface area contributed by atoms with Crippen LogP contribution >= 0.6 is 11.3 Å². The van der Waals surface area contributed by atoms with Gasteiger partial charge in [0, 0.05) is 16.5 Å². The molecule has 4 rings (SSSR count). The van der Waals surface area contributed by atoms with Crippen LogP contribution in [0.2, 0.25) is 0 Å². The monoisotopic (exact) mass is 402 g/mol. The average Bonchev–Trinajstić information content (AvgIpc) is 3.20. The maximum atomic E-state index is 12.6. The van der Waals surface area contributed by atoms with Crippen LogP contribution in [0.3, 0.4) is 0 Å². The van der Waals surface area contributed by atoms with Gasteiger partial charge in [0.15, 0.2) is 5.13 Å². The van der Waals surface area contributed by atoms with E-state index in [1.54, 1.807) is 12.1 Å². The van der Waals surface area contributed by atoms with Crippen molar-refractivity contribution >= 4 is 33.1 Å². The van der Waals surface area contributed by atoms with E-state index in [0.29, 0.717) is 29.0 Å². The summed E-state index contributed by atoms with van der Waals surface area (Å²) in [5.74, 6) is 0.929. The van der Waals surface area contributed by atoms with Crippen LogP contribution in [0, 0.1) is 5.92 Å². The van der Waals surface area contributed by atoms with Crippen molar-refractivity contribution in [2.24, 2.45) is 5.92 Å². The number of rotatable bonds is 6. The van der Waals surface area contributed by atoms with Gasteiger partial charge in [0.25, 0.3) is 5.91 Å². The molecule has 146 valence electrons. The second-order valence-electron chi connectivity index (χ2n) is 7.29. The zero-order chi connectivity index (χ0) is 20.2. The molecule has 0 saturated carbocycles. The number of carbonyl (C=O) groups excluding carboxylic acids is 1. The molecule has 0 aliphatic heterocycles. The molecule has 1 amide bonds. The van der Waals surface area contributed by atoms with Crippen LogP contribution in [0.5, 0.6) is 5.75 Å². The van der Waals surface area contributed by atoms with Crippen molar-refractivity contribution < 1.29 is 9.53 Å². The number of benzene rings is 3. The van der Waals surface area contributed by atoms with E-state index in [-0.39, 0.29) is 5.91 Å². The minimum absolute atomic E-state index is 0.195. The average molecular weight is 403 g/mol. The van der Waals surface area contributed by atoms with E-state index in [1.165, 1.54) is 22.1 Å². The lowest BCUT2D eigenvalue weighted by molar-refractivity contribution is 0.102. The smallest absolute Gasteiger partial charge is 0.257 e. The summed E-state index contributed by atoms with van der Waals surface area (Å²) in [7, 11) is 0. The Kier molecular flexibility index (Phi) is 5.58. The number of fused-ring (bicyclic) bond motifs is 1. The van der Waals surface area contributed by atoms with Gasteiger partial charge in [-0.1, -0.05) is 56.3 Å². The minimum atomic E-state index is -0.195. The number of thiazole rings is 1. The van der Waals surface area contributed by atoms with Gasteiger partial charge in [-0.3, -0.25) is 10.1 Å². The van der Waals surface area contributed by atoms with Crippen LogP contribution in [0.1, 0.15) is 24.2 Å². The van der Waals surface area contributed by atoms with E-state index in [0.717, 1.165) is 11.3 Å². The van der Waals surface area contributed by atoms with Crippen molar-refractivity contribution in [3.05, 3.63) is 77.7 Å². The maximum Gasteiger partial charge on any atom is 0.257 e. The Hall–Kier alpha value is -3.18. The molecule has 0 saturated heterocycles. The quantitative estimate of drug-likeness (QED) is 0.415. The number of anilines is 1. The molecule has 5 heteroatoms. The van der Waals surface area contributed by atoms with E-state index >= 15 is 0 Å². The van der Waals surface area contributed by atoms with Gasteiger partial charge in [-0.2, -0.15) is 0 Å². The van der Waals surface area contributed by atoms with Crippen LogP contribution in [0.15, 0.2) is 72.1 Å². The molecule has 0 atom stereocenters. The molecule has 0 spiro atoms. The number of aromatic nitrogens is 1. The predicted molar refractivity (Wildman–Crippen MR) is 120 cm³/mol. The number of ether oxygens (including phenoxy) is 1. The Morgan fingerprint density at radius 3 is 2.69 bits per heavy atom. The van der Waals surface area contributed by atoms with Gasteiger partial charge in [0.05, 0.1) is 12.3 Å². The number of carbonyl (C=O) groups is 1. The summed E-state index contributed by atoms with van der Waals surface area (Å²) < 4.78 is 5.71. The van der Waals surface area contributed by atoms with Crippen molar-refractivity contribution in [3.8, 4) is 17.0 Å². The van der Waals surface area contributed by atoms with E-state index in [2.05, 4.69) is 54.5 Å². The third-order valence-corrected chi connectivity index (χ3v) is 5.21. The van der Waals surface area contributed by atoms with E-state index < -0.39 is 0 Å². The minimum Gasteiger partial charge on any atom is -0.493 e. The zero-order valence-corrected chi connectivity index (χ0v) is 17.2. The summed E-state index contributed by atoms with van der Waals surface area (Å²) in [6.07, 6.45) is 0. The Labute approximate surface area is 174 Å². The maximum absolute atomic E-state index is 12.6. The molecule has 4 nitrogen and oxygen atoms in total. The highest BCUT2D eigenvalue weighted by molar-refractivity contribution is 7.14. The Morgan fingerprint density at radius 1 is 1.03 bits per heavy atom. The lowest BCUT2D eigenvalue weighted by atomic mass is 10.1. The molecule has 0 bridgehead atoms. The highest BCUT2D eigenvalue weighted by Gasteiger charge is 2.11. The largest absolute Gasteiger partial charge is 0.493 e. The molecule has 0 aliphatic carbocycles. The van der Waals surface area contributed by atoms with Crippen LogP contribution in [0.4, 0.5) is 5.13 Å². The van der Waals surface area contributed by atoms with Gasteiger partial charge < -0.3 is 4.74 Å². The van der Waals surface area contributed by atoms with E-state index in [1.807, 2.05) is 29.6 Å². The Balaban J connectivity index is 1.48. The standard InChI is InChI=1S/C24H22N2O2S/c1-16(2)14-28-21-9-5-8-20(13-21)23(27)26-24-25-22(15-29-24)19-11-10-17-6-3-4-7-18(17)12-19/h3-13,15-16H,14H2,1-2H3,(H,25,26,27). The molecule has 0 unspecified atom stereocenters. The molecule has 1 N–H and O–H groups in total. The summed E-state index contributed by atoms with van der Waals surface area (Å²) in [6.45, 7) is 4.80. The molecule has 0 aliphatic rings. The normalized spacial score (nSPS) is 11.0. The fourth-order valence-corrected chi connectivity index (χ4v) is 3.69. The van der Waals surface area contributed by atoms with Crippen LogP contribution in [-0.2, 0) is 0 Å². The summed E-state index contributed by atoms with van der Waals surface area (Å²) in [4.78, 5) is 17.2. The Bertz CT molecular complexity index is 1150. The first-order valence-corrected chi connectivity index (χ1v) is 10.5. The third-order valence-electron chi connectivity index (χ3n) is 4.45. The van der Waals surface area contributed by atoms with Crippen molar-refractivity contribution in [3.63, 3.8) is 0 Å². The van der Waals surface area contributed by atoms with Gasteiger partial charge in [-0.15, -0.1) is 11.3 Å². The van der Waals surface area contributed by atoms with Gasteiger partial charge in [0.2, 0.25) is 0 Å². The van der Waals surface area contributed by atoms with Crippen molar-refractivity contribution in [1.29, 1.82) is 0 Å². The molecule has 0 radical (unpaired) electrons. The fraction of sp³-hybridized carbons (Fsp3) is 0.167. The first kappa shape index (κ1) is 19.2. The molecule has 4 aromatic rings. The SMILES string of the molecule is CC(C)COc1cccc(C(=O)Nc2nc(-c3ccc4ccccc4c3)cs2)c1. The second-order valence-corrected chi connectivity index (χ2v) is 8.14. The number of amides is 1. The number of hydrogen-bond acceptors (Lipinski definition) is 4. The molecular weight excluding hydrogens is 380 g/mol. The van der Waals surface area contributed by atoms with Gasteiger partial charge in [0.1, 0.15) is 5.75 Å². The van der Waals surface area contributed by atoms with Gasteiger partial charge >= 0.3 is 0 Å². The molecule has 1 aromatic heterocycles. The van der Waals surface area contributed by atoms with Gasteiger partial charge in [-0.05, 0) is 41.0 Å². The molecule has 3 aromatic carbocycles. The van der Waals surface area contributed by atoms with Crippen molar-refractivity contribution in [2.75, 3.05) is 11.9 Å². The highest BCUT2D eigenvalue weighted by Crippen LogP contribution is 2.28. The zero-order valence-electron chi connectivity index (χ0n) is 16.4. The number of nitrogens with zero attached hydrogens (tertiary/aromatic N) is 1. The summed E-state index contributed by atoms with van der Waals surface area (Å²) >= 11 is 1.42. The number of hydrogen-bond donors (Lipinski definition) is 1. The van der Waals surface area contributed by atoms with Crippen molar-refractivity contribution in [1.82, 2.24) is 4.98 Å². The van der Waals surface area contributed by atoms with Gasteiger partial charge in [-0.25, -0.2) is 4.98 Å². The van der Waals surface area contributed by atoms with Crippen LogP contribution in [0.25, 0.3) is 22.0 Å². The lowest BCUT2D eigenvalue weighted by Crippen LogP contribution is -2.12. The van der Waals surface area contributed by atoms with E-state index in [9.17, 15) is 4.79 Å². The molecule has 29 heavy (non-hydrogen) atoms. The summed E-state index contributed by atoms with van der Waals surface area (Å²) in [5, 5.41) is 7.79. The first-order chi connectivity index (χ1) is 14.1. The molecular formula is C24H22N2O2S. The topological polar surface area (TPSA) is 51.2 Å².